The van der Waals surface area contributed by atoms with Crippen molar-refractivity contribution in [2.45, 2.75) is 244 Å². The summed E-state index contributed by atoms with van der Waals surface area (Å²) in [6.45, 7) is 4.61. The number of unbranched alkanes of at least 4 members (excludes halogenated alkanes) is 32. The van der Waals surface area contributed by atoms with Crippen LogP contribution in [0.2, 0.25) is 12.1 Å². The van der Waals surface area contributed by atoms with Crippen molar-refractivity contribution in [3.63, 3.8) is 0 Å². The van der Waals surface area contributed by atoms with Gasteiger partial charge in [-0.05, 0) is 12.1 Å². The van der Waals surface area contributed by atoms with Crippen LogP contribution in [0.1, 0.15) is 232 Å². The Hall–Kier alpha value is 0.137. The highest BCUT2D eigenvalue weighted by Crippen LogP contribution is 2.25. The predicted molar refractivity (Wildman–Crippen MR) is 198 cm³/mol. The smallest absolute Gasteiger partial charge is 0.337 e. The first kappa shape index (κ1) is 43.1. The quantitative estimate of drug-likeness (QED) is 0.0502. The summed E-state index contributed by atoms with van der Waals surface area (Å²) in [6.07, 6.45) is 48.7. The predicted octanol–water partition coefficient (Wildman–Crippen LogP) is 15.0. The van der Waals surface area contributed by atoms with E-state index in [2.05, 4.69) is 13.8 Å². The van der Waals surface area contributed by atoms with Gasteiger partial charge < -0.3 is 8.85 Å². The van der Waals surface area contributed by atoms with Crippen LogP contribution in [0.15, 0.2) is 0 Å². The van der Waals surface area contributed by atoms with Gasteiger partial charge in [-0.15, -0.1) is 0 Å². The Morgan fingerprint density at radius 3 is 0.581 bits per heavy atom. The standard InChI is InChI=1S/C40H84O2Si/c1-5-7-9-11-13-15-17-19-21-23-24-26-28-30-32-34-36-38-40-43(41-3,42-4)39-37-35-33-31-29-27-25-22-20-18-16-14-12-10-8-6-2/h5-40H2,1-4H3. The molecule has 0 unspecified atom stereocenters. The zero-order chi connectivity index (χ0) is 31.4. The Kier molecular flexibility index (Phi) is 36.7. The van der Waals surface area contributed by atoms with Gasteiger partial charge in [-0.3, -0.25) is 0 Å². The molecule has 0 rings (SSSR count). The molecular formula is C40H84O2Si. The summed E-state index contributed by atoms with van der Waals surface area (Å²) in [5.74, 6) is 0. The van der Waals surface area contributed by atoms with E-state index in [1.165, 1.54) is 230 Å². The molecule has 0 atom stereocenters. The second kappa shape index (κ2) is 36.6. The summed E-state index contributed by atoms with van der Waals surface area (Å²) in [4.78, 5) is 0. The third-order valence-corrected chi connectivity index (χ3v) is 13.8. The molecule has 0 saturated heterocycles. The first-order valence-corrected chi connectivity index (χ1v) is 22.6. The summed E-state index contributed by atoms with van der Waals surface area (Å²) in [6, 6.07) is 2.38. The highest BCUT2D eigenvalue weighted by molar-refractivity contribution is 6.67. The summed E-state index contributed by atoms with van der Waals surface area (Å²) < 4.78 is 12.1. The molecule has 0 bridgehead atoms. The van der Waals surface area contributed by atoms with Gasteiger partial charge in [-0.1, -0.05) is 232 Å². The van der Waals surface area contributed by atoms with Crippen LogP contribution in [-0.4, -0.2) is 22.8 Å². The van der Waals surface area contributed by atoms with Gasteiger partial charge in [-0.25, -0.2) is 0 Å². The molecule has 0 fully saturated rings. The van der Waals surface area contributed by atoms with Crippen molar-refractivity contribution in [1.82, 2.24) is 0 Å². The molecule has 0 spiro atoms. The number of rotatable bonds is 38. The Labute approximate surface area is 275 Å². The molecule has 0 saturated carbocycles. The molecule has 0 aromatic heterocycles. The lowest BCUT2D eigenvalue weighted by Crippen LogP contribution is -2.39. The van der Waals surface area contributed by atoms with Crippen molar-refractivity contribution < 1.29 is 8.85 Å². The molecule has 260 valence electrons. The van der Waals surface area contributed by atoms with E-state index in [0.29, 0.717) is 0 Å². The van der Waals surface area contributed by atoms with Crippen molar-refractivity contribution in [3.8, 4) is 0 Å². The van der Waals surface area contributed by atoms with Crippen LogP contribution in [0, 0.1) is 0 Å². The monoisotopic (exact) mass is 625 g/mol. The maximum absolute atomic E-state index is 6.06. The first-order chi connectivity index (χ1) is 21.2. The molecule has 0 aliphatic heterocycles. The van der Waals surface area contributed by atoms with Crippen LogP contribution in [0.4, 0.5) is 0 Å². The van der Waals surface area contributed by atoms with Crippen LogP contribution < -0.4 is 0 Å². The van der Waals surface area contributed by atoms with Crippen molar-refractivity contribution in [2.24, 2.45) is 0 Å². The molecule has 0 aromatic rings. The van der Waals surface area contributed by atoms with Crippen molar-refractivity contribution in [1.29, 1.82) is 0 Å². The first-order valence-electron chi connectivity index (χ1n) is 20.3. The highest BCUT2D eigenvalue weighted by atomic mass is 28.4. The minimum absolute atomic E-state index is 1.19. The minimum atomic E-state index is -1.96. The zero-order valence-electron chi connectivity index (χ0n) is 30.8. The van der Waals surface area contributed by atoms with E-state index in [4.69, 9.17) is 8.85 Å². The average Bonchev–Trinajstić information content (AvgIpc) is 3.03. The van der Waals surface area contributed by atoms with E-state index in [9.17, 15) is 0 Å². The lowest BCUT2D eigenvalue weighted by molar-refractivity contribution is 0.238. The fraction of sp³-hybridized carbons (Fsp3) is 1.00. The van der Waals surface area contributed by atoms with Crippen LogP contribution in [0.25, 0.3) is 0 Å². The molecule has 3 heteroatoms. The number of hydrogen-bond acceptors (Lipinski definition) is 2. The van der Waals surface area contributed by atoms with Gasteiger partial charge in [0.1, 0.15) is 0 Å². The zero-order valence-corrected chi connectivity index (χ0v) is 31.8. The summed E-state index contributed by atoms with van der Waals surface area (Å²) in [5, 5.41) is 0. The van der Waals surface area contributed by atoms with Gasteiger partial charge in [0.05, 0.1) is 0 Å². The van der Waals surface area contributed by atoms with Crippen LogP contribution in [0.3, 0.4) is 0 Å². The third kappa shape index (κ3) is 31.9. The average molecular weight is 625 g/mol. The largest absolute Gasteiger partial charge is 0.398 e. The van der Waals surface area contributed by atoms with Gasteiger partial charge in [0.15, 0.2) is 0 Å². The molecule has 0 heterocycles. The van der Waals surface area contributed by atoms with Gasteiger partial charge in [0.25, 0.3) is 0 Å². The topological polar surface area (TPSA) is 18.5 Å². The Bertz CT molecular complexity index is 493. The minimum Gasteiger partial charge on any atom is -0.398 e. The number of hydrogen-bond donors (Lipinski definition) is 0. The molecule has 0 N–H and O–H groups in total. The molecule has 0 radical (unpaired) electrons. The third-order valence-electron chi connectivity index (χ3n) is 10.1. The molecular weight excluding hydrogens is 541 g/mol. The van der Waals surface area contributed by atoms with Gasteiger partial charge in [0.2, 0.25) is 0 Å². The summed E-state index contributed by atoms with van der Waals surface area (Å²) in [7, 11) is 1.87. The molecule has 0 amide bonds. The SMILES string of the molecule is CCCCCCCCCCCCCCCCCCCC[Si](CCCCCCCCCCCCCCCCCC)(OC)OC. The lowest BCUT2D eigenvalue weighted by Gasteiger charge is -2.27. The summed E-state index contributed by atoms with van der Waals surface area (Å²) >= 11 is 0. The highest BCUT2D eigenvalue weighted by Gasteiger charge is 2.33. The van der Waals surface area contributed by atoms with Gasteiger partial charge in [-0.2, -0.15) is 0 Å². The van der Waals surface area contributed by atoms with E-state index in [-0.39, 0.29) is 0 Å². The van der Waals surface area contributed by atoms with Gasteiger partial charge >= 0.3 is 8.56 Å². The second-order valence-corrected chi connectivity index (χ2v) is 17.8. The fourth-order valence-electron chi connectivity index (χ4n) is 6.86. The fourth-order valence-corrected chi connectivity index (χ4v) is 9.67. The van der Waals surface area contributed by atoms with Crippen LogP contribution >= 0.6 is 0 Å². The van der Waals surface area contributed by atoms with E-state index in [1.54, 1.807) is 0 Å². The van der Waals surface area contributed by atoms with Crippen LogP contribution in [-0.2, 0) is 8.85 Å². The molecule has 0 aromatic carbocycles. The molecule has 2 nitrogen and oxygen atoms in total. The molecule has 43 heavy (non-hydrogen) atoms. The van der Waals surface area contributed by atoms with Gasteiger partial charge in [0, 0.05) is 14.2 Å². The second-order valence-electron chi connectivity index (χ2n) is 14.1. The molecule has 0 aliphatic rings. The van der Waals surface area contributed by atoms with E-state index in [1.807, 2.05) is 14.2 Å². The van der Waals surface area contributed by atoms with Crippen molar-refractivity contribution >= 4 is 8.56 Å². The molecule has 0 aliphatic carbocycles. The lowest BCUT2D eigenvalue weighted by atomic mass is 10.0. The Balaban J connectivity index is 3.48. The van der Waals surface area contributed by atoms with E-state index >= 15 is 0 Å². The Morgan fingerprint density at radius 1 is 0.256 bits per heavy atom. The summed E-state index contributed by atoms with van der Waals surface area (Å²) in [5.41, 5.74) is 0. The van der Waals surface area contributed by atoms with E-state index in [0.717, 1.165) is 0 Å². The maximum Gasteiger partial charge on any atom is 0.337 e. The van der Waals surface area contributed by atoms with Crippen molar-refractivity contribution in [3.05, 3.63) is 0 Å². The van der Waals surface area contributed by atoms with Crippen molar-refractivity contribution in [2.75, 3.05) is 14.2 Å². The Morgan fingerprint density at radius 2 is 0.419 bits per heavy atom. The van der Waals surface area contributed by atoms with Crippen LogP contribution in [0.5, 0.6) is 0 Å². The maximum atomic E-state index is 6.06. The van der Waals surface area contributed by atoms with E-state index < -0.39 is 8.56 Å². The normalized spacial score (nSPS) is 12.0.